The van der Waals surface area contributed by atoms with Gasteiger partial charge in [0.15, 0.2) is 5.82 Å². The maximum Gasteiger partial charge on any atom is 0.275 e. The average molecular weight is 230 g/mol. The second kappa shape index (κ2) is 5.57. The van der Waals surface area contributed by atoms with Crippen LogP contribution in [0.25, 0.3) is 0 Å². The van der Waals surface area contributed by atoms with E-state index in [1.165, 1.54) is 6.20 Å². The number of hydrogen-bond donors (Lipinski definition) is 1. The number of aliphatic hydroxyl groups excluding tert-OH is 1. The Bertz CT molecular complexity index is 348. The summed E-state index contributed by atoms with van der Waals surface area (Å²) in [5, 5.41) is 12.0. The Kier molecular flexibility index (Phi) is 4.39. The lowest BCUT2D eigenvalue weighted by atomic mass is 10.6. The highest BCUT2D eigenvalue weighted by Gasteiger charge is 2.12. The van der Waals surface area contributed by atoms with Gasteiger partial charge in [-0.15, -0.1) is 0 Å². The van der Waals surface area contributed by atoms with Gasteiger partial charge in [-0.2, -0.15) is 9.37 Å². The zero-order valence-corrected chi connectivity index (χ0v) is 9.51. The average Bonchev–Trinajstić information content (AvgIpc) is 2.27. The molecular weight excluding hydrogens is 215 g/mol. The molecule has 0 saturated carbocycles. The normalized spacial score (nSPS) is 10.6. The van der Waals surface area contributed by atoms with E-state index >= 15 is 0 Å². The number of aliphatic hydroxyl groups is 1. The summed E-state index contributed by atoms with van der Waals surface area (Å²) < 4.78 is 18.1. The molecule has 1 aromatic heterocycles. The zero-order chi connectivity index (χ0) is 12.1. The van der Waals surface area contributed by atoms with E-state index in [4.69, 9.17) is 9.84 Å². The molecule has 16 heavy (non-hydrogen) atoms. The minimum atomic E-state index is -0.788. The van der Waals surface area contributed by atoms with Crippen LogP contribution in [0.2, 0.25) is 0 Å². The van der Waals surface area contributed by atoms with Gasteiger partial charge in [-0.05, 0) is 0 Å². The van der Waals surface area contributed by atoms with E-state index in [1.54, 1.807) is 17.1 Å². The molecule has 0 saturated heterocycles. The Morgan fingerprint density at radius 1 is 1.44 bits per heavy atom. The highest BCUT2D eigenvalue weighted by molar-refractivity contribution is 5.35. The molecule has 1 aromatic rings. The van der Waals surface area contributed by atoms with Gasteiger partial charge < -0.3 is 9.84 Å². The van der Waals surface area contributed by atoms with Gasteiger partial charge in [0.05, 0.1) is 12.8 Å². The fourth-order valence-electron chi connectivity index (χ4n) is 0.944. The SMILES string of the molecule is CN(C)N(C)c1cnc(F)c(OCCO)n1. The van der Waals surface area contributed by atoms with Crippen LogP contribution in [0.5, 0.6) is 5.88 Å². The van der Waals surface area contributed by atoms with Gasteiger partial charge in [-0.25, -0.2) is 9.99 Å². The van der Waals surface area contributed by atoms with Crippen LogP contribution < -0.4 is 9.75 Å². The Hall–Kier alpha value is -1.47. The molecular formula is C9H15FN4O2. The third-order valence-electron chi connectivity index (χ3n) is 1.95. The first-order valence-electron chi connectivity index (χ1n) is 4.73. The van der Waals surface area contributed by atoms with E-state index in [2.05, 4.69) is 9.97 Å². The molecule has 0 fully saturated rings. The Labute approximate surface area is 93.3 Å². The van der Waals surface area contributed by atoms with Crippen molar-refractivity contribution in [1.82, 2.24) is 15.0 Å². The van der Waals surface area contributed by atoms with Crippen LogP contribution in [0.15, 0.2) is 6.20 Å². The molecule has 1 N–H and O–H groups in total. The van der Waals surface area contributed by atoms with Gasteiger partial charge in [0.25, 0.3) is 11.8 Å². The molecule has 0 atom stereocenters. The molecule has 0 radical (unpaired) electrons. The van der Waals surface area contributed by atoms with Crippen molar-refractivity contribution in [2.45, 2.75) is 0 Å². The van der Waals surface area contributed by atoms with Crippen LogP contribution in [-0.4, -0.2) is 54.4 Å². The van der Waals surface area contributed by atoms with Crippen LogP contribution in [0.1, 0.15) is 0 Å². The molecule has 0 aliphatic carbocycles. The molecule has 0 spiro atoms. The van der Waals surface area contributed by atoms with Crippen molar-refractivity contribution in [3.8, 4) is 5.88 Å². The van der Waals surface area contributed by atoms with Gasteiger partial charge in [0, 0.05) is 21.1 Å². The van der Waals surface area contributed by atoms with Gasteiger partial charge in [-0.1, -0.05) is 0 Å². The first-order valence-corrected chi connectivity index (χ1v) is 4.73. The van der Waals surface area contributed by atoms with Gasteiger partial charge in [-0.3, -0.25) is 5.01 Å². The lowest BCUT2D eigenvalue weighted by Crippen LogP contribution is -2.33. The maximum absolute atomic E-state index is 13.1. The van der Waals surface area contributed by atoms with Gasteiger partial charge in [0.2, 0.25) is 0 Å². The lowest BCUT2D eigenvalue weighted by Gasteiger charge is -2.25. The highest BCUT2D eigenvalue weighted by atomic mass is 19.1. The smallest absolute Gasteiger partial charge is 0.275 e. The number of aromatic nitrogens is 2. The molecule has 7 heteroatoms. The third-order valence-corrected chi connectivity index (χ3v) is 1.95. The molecule has 0 aromatic carbocycles. The summed E-state index contributed by atoms with van der Waals surface area (Å²) in [4.78, 5) is 7.48. The number of hydrogen-bond acceptors (Lipinski definition) is 6. The first kappa shape index (κ1) is 12.6. The summed E-state index contributed by atoms with van der Waals surface area (Å²) in [6.07, 6.45) is 1.31. The number of halogens is 1. The quantitative estimate of drug-likeness (QED) is 0.713. The summed E-state index contributed by atoms with van der Waals surface area (Å²) in [5.74, 6) is -0.538. The van der Waals surface area contributed by atoms with Crippen molar-refractivity contribution in [3.63, 3.8) is 0 Å². The number of anilines is 1. The number of hydrazine groups is 1. The highest BCUT2D eigenvalue weighted by Crippen LogP contribution is 2.16. The molecule has 0 aliphatic rings. The fraction of sp³-hybridized carbons (Fsp3) is 0.556. The van der Waals surface area contributed by atoms with Crippen LogP contribution >= 0.6 is 0 Å². The van der Waals surface area contributed by atoms with Crippen molar-refractivity contribution < 1.29 is 14.2 Å². The van der Waals surface area contributed by atoms with Crippen LogP contribution in [0, 0.1) is 5.95 Å². The van der Waals surface area contributed by atoms with Crippen molar-refractivity contribution >= 4 is 5.82 Å². The molecule has 6 nitrogen and oxygen atoms in total. The minimum absolute atomic E-state index is 0.0132. The molecule has 0 amide bonds. The van der Waals surface area contributed by atoms with E-state index in [-0.39, 0.29) is 19.1 Å². The second-order valence-corrected chi connectivity index (χ2v) is 3.27. The molecule has 1 rings (SSSR count). The monoisotopic (exact) mass is 230 g/mol. The summed E-state index contributed by atoms with van der Waals surface area (Å²) in [5.41, 5.74) is 0. The first-order chi connectivity index (χ1) is 7.56. The van der Waals surface area contributed by atoms with Crippen LogP contribution in [0.4, 0.5) is 10.2 Å². The summed E-state index contributed by atoms with van der Waals surface area (Å²) >= 11 is 0. The molecule has 0 aliphatic heterocycles. The van der Waals surface area contributed by atoms with Gasteiger partial charge >= 0.3 is 0 Å². The van der Waals surface area contributed by atoms with Crippen molar-refractivity contribution in [1.29, 1.82) is 0 Å². The lowest BCUT2D eigenvalue weighted by molar-refractivity contribution is 0.189. The standard InChI is InChI=1S/C9H15FN4O2/c1-13(2)14(3)7-6-11-8(10)9(12-7)16-5-4-15/h6,15H,4-5H2,1-3H3. The van der Waals surface area contributed by atoms with E-state index in [0.29, 0.717) is 5.82 Å². The Balaban J connectivity index is 2.88. The molecule has 0 unspecified atom stereocenters. The third kappa shape index (κ3) is 3.01. The van der Waals surface area contributed by atoms with Gasteiger partial charge in [0.1, 0.15) is 6.61 Å². The maximum atomic E-state index is 13.1. The summed E-state index contributed by atoms with van der Waals surface area (Å²) in [6, 6.07) is 0. The van der Waals surface area contributed by atoms with E-state index in [0.717, 1.165) is 0 Å². The Morgan fingerprint density at radius 2 is 2.12 bits per heavy atom. The van der Waals surface area contributed by atoms with Crippen molar-refractivity contribution in [2.24, 2.45) is 0 Å². The second-order valence-electron chi connectivity index (χ2n) is 3.27. The van der Waals surface area contributed by atoms with Crippen LogP contribution in [-0.2, 0) is 0 Å². The topological polar surface area (TPSA) is 61.7 Å². The molecule has 0 bridgehead atoms. The summed E-state index contributed by atoms with van der Waals surface area (Å²) in [6.45, 7) is -0.213. The zero-order valence-electron chi connectivity index (χ0n) is 9.51. The Morgan fingerprint density at radius 3 is 2.69 bits per heavy atom. The largest absolute Gasteiger partial charge is 0.472 e. The van der Waals surface area contributed by atoms with E-state index in [9.17, 15) is 4.39 Å². The number of ether oxygens (including phenoxy) is 1. The van der Waals surface area contributed by atoms with E-state index in [1.807, 2.05) is 14.1 Å². The van der Waals surface area contributed by atoms with Crippen LogP contribution in [0.3, 0.4) is 0 Å². The molecule has 1 heterocycles. The number of nitrogens with zero attached hydrogens (tertiary/aromatic N) is 4. The van der Waals surface area contributed by atoms with Crippen molar-refractivity contribution in [2.75, 3.05) is 39.4 Å². The predicted molar refractivity (Wildman–Crippen MR) is 56.7 cm³/mol. The number of rotatable bonds is 5. The molecule has 90 valence electrons. The van der Waals surface area contributed by atoms with E-state index < -0.39 is 5.95 Å². The minimum Gasteiger partial charge on any atom is -0.472 e. The predicted octanol–water partition coefficient (Wildman–Crippen LogP) is -0.100. The summed E-state index contributed by atoms with van der Waals surface area (Å²) in [7, 11) is 5.40. The fourth-order valence-corrected chi connectivity index (χ4v) is 0.944. The van der Waals surface area contributed by atoms with Crippen molar-refractivity contribution in [3.05, 3.63) is 12.1 Å².